The molecule has 3 aromatic heterocycles. The Balaban J connectivity index is 1.29. The Kier molecular flexibility index (Phi) is 4.10. The van der Waals surface area contributed by atoms with Crippen molar-refractivity contribution < 1.29 is 4.42 Å². The summed E-state index contributed by atoms with van der Waals surface area (Å²) < 4.78 is 6.82. The number of anilines is 2. The monoisotopic (exact) mass is 434 g/mol. The first-order valence-electron chi connectivity index (χ1n) is 10.1. The number of hydrogen-bond donors (Lipinski definition) is 1. The summed E-state index contributed by atoms with van der Waals surface area (Å²) in [6, 6.07) is 11.6. The zero-order chi connectivity index (χ0) is 20.9. The van der Waals surface area contributed by atoms with Crippen LogP contribution in [-0.4, -0.2) is 42.6 Å². The molecular weight excluding hydrogens is 416 g/mol. The van der Waals surface area contributed by atoms with Gasteiger partial charge in [0.2, 0.25) is 17.7 Å². The first-order valence-corrected chi connectivity index (χ1v) is 10.4. The predicted molar refractivity (Wildman–Crippen MR) is 116 cm³/mol. The van der Waals surface area contributed by atoms with E-state index in [1.807, 2.05) is 12.1 Å². The van der Waals surface area contributed by atoms with Crippen LogP contribution < -0.4 is 10.6 Å². The van der Waals surface area contributed by atoms with Gasteiger partial charge in [-0.3, -0.25) is 0 Å². The number of furan rings is 1. The van der Waals surface area contributed by atoms with Crippen molar-refractivity contribution >= 4 is 29.3 Å². The average Bonchev–Trinajstić information content (AvgIpc) is 3.53. The van der Waals surface area contributed by atoms with E-state index in [9.17, 15) is 0 Å². The molecule has 1 atom stereocenters. The summed E-state index contributed by atoms with van der Waals surface area (Å²) in [5.74, 6) is 2.62. The van der Waals surface area contributed by atoms with Crippen LogP contribution in [-0.2, 0) is 6.54 Å². The second-order valence-electron chi connectivity index (χ2n) is 7.75. The molecule has 1 aromatic carbocycles. The molecule has 0 amide bonds. The highest BCUT2D eigenvalue weighted by molar-refractivity contribution is 6.30. The van der Waals surface area contributed by atoms with Gasteiger partial charge in [0.1, 0.15) is 0 Å². The van der Waals surface area contributed by atoms with E-state index >= 15 is 0 Å². The molecule has 156 valence electrons. The highest BCUT2D eigenvalue weighted by Crippen LogP contribution is 2.37. The second-order valence-corrected chi connectivity index (χ2v) is 8.19. The number of rotatable bonds is 4. The first-order chi connectivity index (χ1) is 15.1. The van der Waals surface area contributed by atoms with Gasteiger partial charge in [-0.05, 0) is 36.2 Å². The van der Waals surface area contributed by atoms with E-state index in [-0.39, 0.29) is 5.95 Å². The molecule has 2 aliphatic heterocycles. The smallest absolute Gasteiger partial charge is 0.259 e. The summed E-state index contributed by atoms with van der Waals surface area (Å²) in [6.07, 6.45) is 4.82. The van der Waals surface area contributed by atoms with E-state index in [1.54, 1.807) is 18.4 Å². The average molecular weight is 435 g/mol. The molecule has 10 heteroatoms. The van der Waals surface area contributed by atoms with Crippen molar-refractivity contribution in [2.75, 3.05) is 23.7 Å². The van der Waals surface area contributed by atoms with Gasteiger partial charge in [0.25, 0.3) is 5.78 Å². The third-order valence-corrected chi connectivity index (χ3v) is 5.96. The van der Waals surface area contributed by atoms with E-state index in [4.69, 9.17) is 21.8 Å². The Morgan fingerprint density at radius 2 is 2.00 bits per heavy atom. The lowest BCUT2D eigenvalue weighted by Crippen LogP contribution is -2.21. The Morgan fingerprint density at radius 3 is 2.81 bits per heavy atom. The minimum Gasteiger partial charge on any atom is -0.461 e. The van der Waals surface area contributed by atoms with Gasteiger partial charge in [-0.15, -0.1) is 5.10 Å². The minimum atomic E-state index is 0.241. The van der Waals surface area contributed by atoms with Crippen LogP contribution in [0.5, 0.6) is 0 Å². The fourth-order valence-corrected chi connectivity index (χ4v) is 4.37. The lowest BCUT2D eigenvalue weighted by molar-refractivity contribution is 0.360. The topological polar surface area (TPSA) is 102 Å². The van der Waals surface area contributed by atoms with Gasteiger partial charge in [0.15, 0.2) is 5.76 Å². The molecule has 0 bridgehead atoms. The number of halogens is 1. The maximum Gasteiger partial charge on any atom is 0.259 e. The molecule has 1 unspecified atom stereocenters. The van der Waals surface area contributed by atoms with Crippen molar-refractivity contribution in [3.05, 3.63) is 65.1 Å². The van der Waals surface area contributed by atoms with Crippen molar-refractivity contribution in [2.24, 2.45) is 5.92 Å². The van der Waals surface area contributed by atoms with E-state index in [2.05, 4.69) is 48.2 Å². The molecular formula is C21H19ClN8O. The zero-order valence-corrected chi connectivity index (χ0v) is 17.3. The van der Waals surface area contributed by atoms with E-state index in [1.165, 1.54) is 15.8 Å². The van der Waals surface area contributed by atoms with Crippen molar-refractivity contribution in [2.45, 2.75) is 13.0 Å². The molecule has 2 N–H and O–H groups in total. The van der Waals surface area contributed by atoms with Gasteiger partial charge in [-0.1, -0.05) is 23.7 Å². The van der Waals surface area contributed by atoms with E-state index in [0.29, 0.717) is 29.2 Å². The van der Waals surface area contributed by atoms with E-state index < -0.39 is 0 Å². The van der Waals surface area contributed by atoms with Crippen molar-refractivity contribution in [1.82, 2.24) is 29.5 Å². The minimum absolute atomic E-state index is 0.241. The number of aromatic nitrogens is 5. The summed E-state index contributed by atoms with van der Waals surface area (Å²) in [5, 5.41) is 5.12. The van der Waals surface area contributed by atoms with Gasteiger partial charge in [0.05, 0.1) is 6.26 Å². The summed E-state index contributed by atoms with van der Waals surface area (Å²) >= 11 is 6.01. The number of nitrogen functional groups attached to an aromatic ring is 1. The molecule has 6 rings (SSSR count). The molecule has 0 radical (unpaired) electrons. The maximum absolute atomic E-state index is 6.18. The Hall–Kier alpha value is -3.59. The fourth-order valence-electron chi connectivity index (χ4n) is 4.24. The largest absolute Gasteiger partial charge is 0.461 e. The highest BCUT2D eigenvalue weighted by atomic mass is 35.5. The molecule has 0 aliphatic carbocycles. The zero-order valence-electron chi connectivity index (χ0n) is 16.5. The molecule has 0 saturated carbocycles. The molecule has 5 heterocycles. The number of fused-ring (bicyclic) bond motifs is 2. The Labute approximate surface area is 182 Å². The lowest BCUT2D eigenvalue weighted by atomic mass is 10.1. The molecule has 2 aliphatic rings. The summed E-state index contributed by atoms with van der Waals surface area (Å²) in [4.78, 5) is 18.1. The van der Waals surface area contributed by atoms with Crippen LogP contribution in [0.2, 0.25) is 5.02 Å². The SMILES string of the molecule is Nc1nc(N2CCC3CN(Cc4ccc(Cl)cc4)C=C32)nc2nc(-c3ccco3)nn12. The number of hydrogen-bond acceptors (Lipinski definition) is 8. The number of nitrogens with zero attached hydrogens (tertiary/aromatic N) is 7. The fraction of sp³-hybridized carbons (Fsp3) is 0.238. The second kappa shape index (κ2) is 6.98. The summed E-state index contributed by atoms with van der Waals surface area (Å²) in [5.41, 5.74) is 8.62. The molecule has 9 nitrogen and oxygen atoms in total. The van der Waals surface area contributed by atoms with Crippen molar-refractivity contribution in [3.63, 3.8) is 0 Å². The third-order valence-electron chi connectivity index (χ3n) is 5.70. The van der Waals surface area contributed by atoms with Crippen LogP contribution in [0.1, 0.15) is 12.0 Å². The van der Waals surface area contributed by atoms with E-state index in [0.717, 1.165) is 31.1 Å². The highest BCUT2D eigenvalue weighted by Gasteiger charge is 2.36. The molecule has 4 aromatic rings. The van der Waals surface area contributed by atoms with Crippen molar-refractivity contribution in [3.8, 4) is 11.6 Å². The van der Waals surface area contributed by atoms with Crippen LogP contribution in [0.25, 0.3) is 17.4 Å². The first kappa shape index (κ1) is 18.2. The molecule has 0 spiro atoms. The quantitative estimate of drug-likeness (QED) is 0.522. The van der Waals surface area contributed by atoms with Gasteiger partial charge in [-0.2, -0.15) is 19.5 Å². The van der Waals surface area contributed by atoms with Crippen LogP contribution in [0.4, 0.5) is 11.9 Å². The molecule has 1 saturated heterocycles. The van der Waals surface area contributed by atoms with Gasteiger partial charge in [-0.25, -0.2) is 0 Å². The van der Waals surface area contributed by atoms with Gasteiger partial charge >= 0.3 is 0 Å². The van der Waals surface area contributed by atoms with Crippen LogP contribution >= 0.6 is 11.6 Å². The van der Waals surface area contributed by atoms with Gasteiger partial charge in [0, 0.05) is 42.5 Å². The summed E-state index contributed by atoms with van der Waals surface area (Å²) in [6.45, 7) is 2.66. The number of nitrogens with two attached hydrogens (primary N) is 1. The standard InChI is InChI=1S/C21H19ClN8O/c22-15-5-3-13(4-6-15)10-28-11-14-7-8-29(16(14)12-28)20-25-19(23)30-21(26-20)24-18(27-30)17-2-1-9-31-17/h1-6,9,12,14H,7-8,10-11H2,(H2,23,24,25,26,27). The predicted octanol–water partition coefficient (Wildman–Crippen LogP) is 3.20. The molecule has 1 fully saturated rings. The summed E-state index contributed by atoms with van der Waals surface area (Å²) in [7, 11) is 0. The molecule has 31 heavy (non-hydrogen) atoms. The van der Waals surface area contributed by atoms with Gasteiger partial charge < -0.3 is 20.0 Å². The lowest BCUT2D eigenvalue weighted by Gasteiger charge is -2.19. The van der Waals surface area contributed by atoms with Crippen LogP contribution in [0.3, 0.4) is 0 Å². The Morgan fingerprint density at radius 1 is 1.13 bits per heavy atom. The Bertz CT molecular complexity index is 1280. The third kappa shape index (κ3) is 3.17. The van der Waals surface area contributed by atoms with Crippen molar-refractivity contribution in [1.29, 1.82) is 0 Å². The van der Waals surface area contributed by atoms with Crippen LogP contribution in [0.15, 0.2) is 59.0 Å². The maximum atomic E-state index is 6.18. The normalized spacial score (nSPS) is 18.1. The number of benzene rings is 1. The van der Waals surface area contributed by atoms with Crippen LogP contribution in [0, 0.1) is 5.92 Å².